The summed E-state index contributed by atoms with van der Waals surface area (Å²) in [5, 5.41) is 4.51. The van der Waals surface area contributed by atoms with E-state index in [2.05, 4.69) is 59.0 Å². The van der Waals surface area contributed by atoms with Crippen LogP contribution < -0.4 is 5.32 Å². The average molecular weight is 259 g/mol. The average Bonchev–Trinajstić information content (AvgIpc) is 2.66. The SMILES string of the molecule is CNC(C)c1oc2c(C)cc(C(C)(C)C)cc2c1C. The molecule has 0 aliphatic rings. The Labute approximate surface area is 116 Å². The lowest BCUT2D eigenvalue weighted by Gasteiger charge is -2.19. The summed E-state index contributed by atoms with van der Waals surface area (Å²) in [5.41, 5.74) is 5.04. The van der Waals surface area contributed by atoms with Gasteiger partial charge in [0.05, 0.1) is 6.04 Å². The number of nitrogens with one attached hydrogen (secondary N) is 1. The molecule has 1 atom stereocenters. The molecule has 0 bridgehead atoms. The Bertz CT molecular complexity index is 602. The minimum Gasteiger partial charge on any atom is -0.459 e. The summed E-state index contributed by atoms with van der Waals surface area (Å²) in [6, 6.07) is 4.77. The summed E-state index contributed by atoms with van der Waals surface area (Å²) in [4.78, 5) is 0. The van der Waals surface area contributed by atoms with E-state index in [1.807, 2.05) is 7.05 Å². The van der Waals surface area contributed by atoms with Crippen LogP contribution in [0.3, 0.4) is 0 Å². The fourth-order valence-electron chi connectivity index (χ4n) is 2.48. The van der Waals surface area contributed by atoms with Crippen LogP contribution in [-0.4, -0.2) is 7.05 Å². The molecule has 2 nitrogen and oxygen atoms in total. The third-order valence-electron chi connectivity index (χ3n) is 3.95. The molecule has 0 aliphatic heterocycles. The van der Waals surface area contributed by atoms with E-state index >= 15 is 0 Å². The second-order valence-electron chi connectivity index (χ2n) is 6.52. The van der Waals surface area contributed by atoms with Gasteiger partial charge in [-0.2, -0.15) is 0 Å². The molecule has 0 radical (unpaired) electrons. The molecule has 1 unspecified atom stereocenters. The Morgan fingerprint density at radius 3 is 2.32 bits per heavy atom. The van der Waals surface area contributed by atoms with E-state index in [1.54, 1.807) is 0 Å². The Kier molecular flexibility index (Phi) is 3.48. The minimum atomic E-state index is 0.164. The minimum absolute atomic E-state index is 0.164. The van der Waals surface area contributed by atoms with E-state index in [0.717, 1.165) is 11.3 Å². The highest BCUT2D eigenvalue weighted by Crippen LogP contribution is 2.35. The number of fused-ring (bicyclic) bond motifs is 1. The third-order valence-corrected chi connectivity index (χ3v) is 3.95. The molecule has 0 saturated heterocycles. The maximum atomic E-state index is 6.09. The van der Waals surface area contributed by atoms with Crippen molar-refractivity contribution in [2.75, 3.05) is 7.05 Å². The second-order valence-corrected chi connectivity index (χ2v) is 6.52. The maximum absolute atomic E-state index is 6.09. The van der Waals surface area contributed by atoms with Crippen molar-refractivity contribution in [3.8, 4) is 0 Å². The van der Waals surface area contributed by atoms with Crippen molar-refractivity contribution in [1.82, 2.24) is 5.32 Å². The summed E-state index contributed by atoms with van der Waals surface area (Å²) in [7, 11) is 1.96. The van der Waals surface area contributed by atoms with Crippen LogP contribution in [0.4, 0.5) is 0 Å². The Balaban J connectivity index is 2.71. The van der Waals surface area contributed by atoms with Gasteiger partial charge in [-0.15, -0.1) is 0 Å². The third kappa shape index (κ3) is 2.42. The topological polar surface area (TPSA) is 25.2 Å². The van der Waals surface area contributed by atoms with Gasteiger partial charge in [-0.05, 0) is 56.0 Å². The van der Waals surface area contributed by atoms with E-state index in [4.69, 9.17) is 4.42 Å². The van der Waals surface area contributed by atoms with E-state index in [0.29, 0.717) is 0 Å². The van der Waals surface area contributed by atoms with Crippen molar-refractivity contribution in [2.45, 2.75) is 53.0 Å². The van der Waals surface area contributed by atoms with Gasteiger partial charge in [-0.25, -0.2) is 0 Å². The highest BCUT2D eigenvalue weighted by atomic mass is 16.3. The van der Waals surface area contributed by atoms with Crippen LogP contribution >= 0.6 is 0 Å². The van der Waals surface area contributed by atoms with Crippen LogP contribution in [0.2, 0.25) is 0 Å². The number of hydrogen-bond donors (Lipinski definition) is 1. The molecule has 1 aromatic heterocycles. The van der Waals surface area contributed by atoms with Crippen molar-refractivity contribution >= 4 is 11.0 Å². The standard InChI is InChI=1S/C17H25NO/c1-10-8-13(17(4,5)6)9-14-11(2)16(12(3)18-7)19-15(10)14/h8-9,12,18H,1-7H3. The number of rotatable bonds is 2. The number of hydrogen-bond acceptors (Lipinski definition) is 2. The zero-order valence-electron chi connectivity index (χ0n) is 13.1. The van der Waals surface area contributed by atoms with Crippen molar-refractivity contribution in [3.05, 3.63) is 34.6 Å². The Hall–Kier alpha value is -1.28. The van der Waals surface area contributed by atoms with Crippen LogP contribution in [-0.2, 0) is 5.41 Å². The molecule has 2 rings (SSSR count). The molecule has 1 heterocycles. The van der Waals surface area contributed by atoms with Crippen LogP contribution in [0.15, 0.2) is 16.5 Å². The van der Waals surface area contributed by atoms with Gasteiger partial charge >= 0.3 is 0 Å². The molecule has 0 saturated carbocycles. The molecule has 1 N–H and O–H groups in total. The quantitative estimate of drug-likeness (QED) is 0.850. The van der Waals surface area contributed by atoms with E-state index in [-0.39, 0.29) is 11.5 Å². The number of aryl methyl sites for hydroxylation is 2. The summed E-state index contributed by atoms with van der Waals surface area (Å²) in [6.45, 7) is 13.2. The molecule has 1 aromatic carbocycles. The molecule has 19 heavy (non-hydrogen) atoms. The van der Waals surface area contributed by atoms with Gasteiger partial charge in [0.25, 0.3) is 0 Å². The first kappa shape index (κ1) is 14.1. The maximum Gasteiger partial charge on any atom is 0.137 e. The molecule has 2 heteroatoms. The monoisotopic (exact) mass is 259 g/mol. The van der Waals surface area contributed by atoms with Gasteiger partial charge in [-0.1, -0.05) is 26.8 Å². The summed E-state index contributed by atoms with van der Waals surface area (Å²) in [5.74, 6) is 1.05. The van der Waals surface area contributed by atoms with Crippen molar-refractivity contribution < 1.29 is 4.42 Å². The highest BCUT2D eigenvalue weighted by Gasteiger charge is 2.20. The molecule has 0 spiro atoms. The van der Waals surface area contributed by atoms with Gasteiger partial charge in [-0.3, -0.25) is 0 Å². The fourth-order valence-corrected chi connectivity index (χ4v) is 2.48. The van der Waals surface area contributed by atoms with Crippen LogP contribution in [0.25, 0.3) is 11.0 Å². The lowest BCUT2D eigenvalue weighted by atomic mass is 9.85. The van der Waals surface area contributed by atoms with Gasteiger partial charge in [0.1, 0.15) is 11.3 Å². The van der Waals surface area contributed by atoms with Crippen LogP contribution in [0, 0.1) is 13.8 Å². The number of furan rings is 1. The lowest BCUT2D eigenvalue weighted by Crippen LogP contribution is -2.12. The predicted molar refractivity (Wildman–Crippen MR) is 81.9 cm³/mol. The molecule has 0 fully saturated rings. The fraction of sp³-hybridized carbons (Fsp3) is 0.529. The smallest absolute Gasteiger partial charge is 0.137 e. The molecule has 0 aliphatic carbocycles. The van der Waals surface area contributed by atoms with Gasteiger partial charge < -0.3 is 9.73 Å². The van der Waals surface area contributed by atoms with Gasteiger partial charge in [0.2, 0.25) is 0 Å². The lowest BCUT2D eigenvalue weighted by molar-refractivity contribution is 0.470. The predicted octanol–water partition coefficient (Wildman–Crippen LogP) is 4.63. The summed E-state index contributed by atoms with van der Waals surface area (Å²) < 4.78 is 6.09. The zero-order chi connectivity index (χ0) is 14.4. The first-order chi connectivity index (χ1) is 8.75. The largest absolute Gasteiger partial charge is 0.459 e. The second kappa shape index (κ2) is 4.68. The molecular formula is C17H25NO. The summed E-state index contributed by atoms with van der Waals surface area (Å²) >= 11 is 0. The number of benzene rings is 1. The van der Waals surface area contributed by atoms with Crippen molar-refractivity contribution in [2.24, 2.45) is 0 Å². The molecule has 104 valence electrons. The normalized spacial score (nSPS) is 14.1. The van der Waals surface area contributed by atoms with Gasteiger partial charge in [0.15, 0.2) is 0 Å². The molecule has 2 aromatic rings. The summed E-state index contributed by atoms with van der Waals surface area (Å²) in [6.07, 6.45) is 0. The molecular weight excluding hydrogens is 234 g/mol. The van der Waals surface area contributed by atoms with Crippen molar-refractivity contribution in [3.63, 3.8) is 0 Å². The van der Waals surface area contributed by atoms with Crippen molar-refractivity contribution in [1.29, 1.82) is 0 Å². The highest BCUT2D eigenvalue weighted by molar-refractivity contribution is 5.86. The molecule has 0 amide bonds. The van der Waals surface area contributed by atoms with Crippen LogP contribution in [0.5, 0.6) is 0 Å². The van der Waals surface area contributed by atoms with E-state index < -0.39 is 0 Å². The van der Waals surface area contributed by atoms with Crippen LogP contribution in [0.1, 0.15) is 56.2 Å². The first-order valence-electron chi connectivity index (χ1n) is 6.97. The van der Waals surface area contributed by atoms with Gasteiger partial charge in [0, 0.05) is 5.39 Å². The Morgan fingerprint density at radius 1 is 1.16 bits per heavy atom. The van der Waals surface area contributed by atoms with E-state index in [9.17, 15) is 0 Å². The zero-order valence-corrected chi connectivity index (χ0v) is 13.1. The van der Waals surface area contributed by atoms with E-state index in [1.165, 1.54) is 22.1 Å². The Morgan fingerprint density at radius 2 is 1.79 bits per heavy atom. The first-order valence-corrected chi connectivity index (χ1v) is 6.97.